The third-order valence-corrected chi connectivity index (χ3v) is 3.00. The van der Waals surface area contributed by atoms with Crippen LogP contribution in [0.15, 0.2) is 0 Å². The fourth-order valence-electron chi connectivity index (χ4n) is 2.18. The molecule has 2 unspecified atom stereocenters. The lowest BCUT2D eigenvalue weighted by atomic mass is 10.1. The van der Waals surface area contributed by atoms with E-state index in [-0.39, 0.29) is 18.8 Å². The van der Waals surface area contributed by atoms with Crippen molar-refractivity contribution in [3.8, 4) is 0 Å². The summed E-state index contributed by atoms with van der Waals surface area (Å²) in [5, 5.41) is 2.90. The number of nitrogens with zero attached hydrogens (tertiary/aromatic N) is 1. The number of nitrogens with one attached hydrogen (secondary N) is 1. The number of rotatable bonds is 4. The summed E-state index contributed by atoms with van der Waals surface area (Å²) in [7, 11) is 0. The van der Waals surface area contributed by atoms with Gasteiger partial charge in [-0.25, -0.2) is 4.79 Å². The number of halogens is 1. The van der Waals surface area contributed by atoms with Crippen molar-refractivity contribution >= 4 is 6.09 Å². The Balaban J connectivity index is 2.36. The van der Waals surface area contributed by atoms with Gasteiger partial charge in [-0.2, -0.15) is 0 Å². The van der Waals surface area contributed by atoms with Gasteiger partial charge in [-0.3, -0.25) is 4.39 Å². The highest BCUT2D eigenvalue weighted by molar-refractivity contribution is 5.68. The first-order valence-corrected chi connectivity index (χ1v) is 6.59. The molecule has 0 radical (unpaired) electrons. The number of likely N-dealkylation sites (tertiary alicyclic amines) is 1. The highest BCUT2D eigenvalue weighted by Crippen LogP contribution is 2.17. The molecule has 0 aromatic heterocycles. The van der Waals surface area contributed by atoms with Gasteiger partial charge in [-0.05, 0) is 33.1 Å². The van der Waals surface area contributed by atoms with E-state index in [1.54, 1.807) is 0 Å². The average Bonchev–Trinajstić information content (AvgIpc) is 2.53. The van der Waals surface area contributed by atoms with E-state index in [1.807, 2.05) is 20.8 Å². The maximum Gasteiger partial charge on any atom is 0.407 e. The molecule has 4 nitrogen and oxygen atoms in total. The number of carbonyl (C=O) groups excluding carboxylic acids is 1. The molecule has 1 fully saturated rings. The molecule has 1 saturated heterocycles. The number of hydrogen-bond donors (Lipinski definition) is 1. The summed E-state index contributed by atoms with van der Waals surface area (Å²) in [5.74, 6) is 0.372. The minimum absolute atomic E-state index is 0.0967. The Kier molecular flexibility index (Phi) is 5.38. The number of alkyl carbamates (subject to hydrolysis) is 1. The molecule has 0 saturated carbocycles. The van der Waals surface area contributed by atoms with Crippen LogP contribution in [-0.2, 0) is 4.74 Å². The standard InChI is InChI=1S/C13H25FN2O2/c1-10-8-16(7-5-6-14)9-11(10)15-12(17)18-13(2,3)4/h10-11H,5-9H2,1-4H3,(H,15,17). The van der Waals surface area contributed by atoms with Gasteiger partial charge in [-0.15, -0.1) is 0 Å². The van der Waals surface area contributed by atoms with Gasteiger partial charge < -0.3 is 15.0 Å². The van der Waals surface area contributed by atoms with Crippen LogP contribution < -0.4 is 5.32 Å². The van der Waals surface area contributed by atoms with Gasteiger partial charge in [-0.1, -0.05) is 6.92 Å². The van der Waals surface area contributed by atoms with Crippen LogP contribution in [0.1, 0.15) is 34.1 Å². The van der Waals surface area contributed by atoms with Crippen molar-refractivity contribution < 1.29 is 13.9 Å². The smallest absolute Gasteiger partial charge is 0.407 e. The number of amides is 1. The monoisotopic (exact) mass is 260 g/mol. The fraction of sp³-hybridized carbons (Fsp3) is 0.923. The Morgan fingerprint density at radius 2 is 2.11 bits per heavy atom. The zero-order valence-electron chi connectivity index (χ0n) is 11.8. The summed E-state index contributed by atoms with van der Waals surface area (Å²) >= 11 is 0. The maximum absolute atomic E-state index is 12.1. The molecule has 1 heterocycles. The maximum atomic E-state index is 12.1. The first-order valence-electron chi connectivity index (χ1n) is 6.59. The summed E-state index contributed by atoms with van der Waals surface area (Å²) in [5.41, 5.74) is -0.472. The van der Waals surface area contributed by atoms with Gasteiger partial charge in [0.05, 0.1) is 6.67 Å². The molecule has 106 valence electrons. The van der Waals surface area contributed by atoms with E-state index < -0.39 is 5.60 Å². The summed E-state index contributed by atoms with van der Waals surface area (Å²) in [6, 6.07) is 0.0967. The Labute approximate surface area is 109 Å². The van der Waals surface area contributed by atoms with Crippen molar-refractivity contribution in [2.24, 2.45) is 5.92 Å². The second-order valence-electron chi connectivity index (χ2n) is 6.03. The molecule has 0 aliphatic carbocycles. The van der Waals surface area contributed by atoms with Crippen molar-refractivity contribution in [3.05, 3.63) is 0 Å². The van der Waals surface area contributed by atoms with Crippen LogP contribution in [0, 0.1) is 5.92 Å². The Hall–Kier alpha value is -0.840. The predicted molar refractivity (Wildman–Crippen MR) is 69.4 cm³/mol. The Morgan fingerprint density at radius 1 is 1.44 bits per heavy atom. The van der Waals surface area contributed by atoms with Crippen molar-refractivity contribution in [1.29, 1.82) is 0 Å². The lowest BCUT2D eigenvalue weighted by molar-refractivity contribution is 0.0497. The van der Waals surface area contributed by atoms with Gasteiger partial charge in [0.2, 0.25) is 0 Å². The van der Waals surface area contributed by atoms with Gasteiger partial charge in [0.1, 0.15) is 5.60 Å². The molecule has 0 aromatic rings. The van der Waals surface area contributed by atoms with E-state index in [0.29, 0.717) is 12.3 Å². The molecule has 0 spiro atoms. The van der Waals surface area contributed by atoms with Crippen molar-refractivity contribution in [1.82, 2.24) is 10.2 Å². The van der Waals surface area contributed by atoms with Crippen LogP contribution in [0.25, 0.3) is 0 Å². The van der Waals surface area contributed by atoms with E-state index in [0.717, 1.165) is 19.6 Å². The highest BCUT2D eigenvalue weighted by atomic mass is 19.1. The van der Waals surface area contributed by atoms with Gasteiger partial charge in [0.15, 0.2) is 0 Å². The molecule has 0 bridgehead atoms. The van der Waals surface area contributed by atoms with Crippen LogP contribution >= 0.6 is 0 Å². The van der Waals surface area contributed by atoms with E-state index in [9.17, 15) is 9.18 Å². The molecule has 1 aliphatic rings. The number of hydrogen-bond acceptors (Lipinski definition) is 3. The zero-order chi connectivity index (χ0) is 13.8. The number of carbonyl (C=O) groups is 1. The molecule has 1 aliphatic heterocycles. The van der Waals surface area contributed by atoms with Crippen molar-refractivity contribution in [2.75, 3.05) is 26.3 Å². The topological polar surface area (TPSA) is 41.6 Å². The van der Waals surface area contributed by atoms with E-state index >= 15 is 0 Å². The third-order valence-electron chi connectivity index (χ3n) is 3.00. The minimum atomic E-state index is -0.472. The minimum Gasteiger partial charge on any atom is -0.444 e. The molecular formula is C13H25FN2O2. The zero-order valence-corrected chi connectivity index (χ0v) is 11.8. The van der Waals surface area contributed by atoms with Crippen LogP contribution in [0.4, 0.5) is 9.18 Å². The predicted octanol–water partition coefficient (Wildman–Crippen LogP) is 2.19. The molecular weight excluding hydrogens is 235 g/mol. The van der Waals surface area contributed by atoms with Gasteiger partial charge in [0.25, 0.3) is 0 Å². The molecule has 1 rings (SSSR count). The molecule has 2 atom stereocenters. The number of alkyl halides is 1. The molecule has 5 heteroatoms. The quantitative estimate of drug-likeness (QED) is 0.842. The molecule has 1 N–H and O–H groups in total. The van der Waals surface area contributed by atoms with Gasteiger partial charge in [0, 0.05) is 25.7 Å². The Bertz CT molecular complexity index is 279. The molecule has 0 aromatic carbocycles. The first-order chi connectivity index (χ1) is 8.31. The van der Waals surface area contributed by atoms with E-state index in [2.05, 4.69) is 17.1 Å². The van der Waals surface area contributed by atoms with Crippen LogP contribution in [0.3, 0.4) is 0 Å². The van der Waals surface area contributed by atoms with Crippen LogP contribution in [0.2, 0.25) is 0 Å². The normalized spacial score (nSPS) is 25.2. The van der Waals surface area contributed by atoms with Crippen LogP contribution in [0.5, 0.6) is 0 Å². The van der Waals surface area contributed by atoms with Crippen molar-refractivity contribution in [3.63, 3.8) is 0 Å². The third kappa shape index (κ3) is 5.21. The molecule has 1 amide bonds. The second kappa shape index (κ2) is 6.36. The summed E-state index contributed by atoms with van der Waals surface area (Å²) < 4.78 is 17.4. The number of ether oxygens (including phenoxy) is 1. The largest absolute Gasteiger partial charge is 0.444 e. The van der Waals surface area contributed by atoms with Gasteiger partial charge >= 0.3 is 6.09 Å². The van der Waals surface area contributed by atoms with E-state index in [1.165, 1.54) is 0 Å². The van der Waals surface area contributed by atoms with Crippen LogP contribution in [-0.4, -0.2) is 48.9 Å². The first kappa shape index (κ1) is 15.2. The average molecular weight is 260 g/mol. The Morgan fingerprint density at radius 3 is 2.67 bits per heavy atom. The summed E-state index contributed by atoms with van der Waals surface area (Å²) in [4.78, 5) is 13.9. The lowest BCUT2D eigenvalue weighted by Gasteiger charge is -2.23. The van der Waals surface area contributed by atoms with E-state index in [4.69, 9.17) is 4.74 Å². The lowest BCUT2D eigenvalue weighted by Crippen LogP contribution is -2.42. The highest BCUT2D eigenvalue weighted by Gasteiger charge is 2.31. The fourth-order valence-corrected chi connectivity index (χ4v) is 2.18. The molecule has 18 heavy (non-hydrogen) atoms. The summed E-state index contributed by atoms with van der Waals surface area (Å²) in [6.07, 6.45) is 0.193. The second-order valence-corrected chi connectivity index (χ2v) is 6.03. The SMILES string of the molecule is CC1CN(CCCF)CC1NC(=O)OC(C)(C)C. The summed E-state index contributed by atoms with van der Waals surface area (Å²) in [6.45, 7) is 9.79. The van der Waals surface area contributed by atoms with Crippen molar-refractivity contribution in [2.45, 2.75) is 45.8 Å².